The van der Waals surface area contributed by atoms with E-state index in [9.17, 15) is 4.79 Å². The molecule has 0 radical (unpaired) electrons. The minimum atomic E-state index is 0.0212. The van der Waals surface area contributed by atoms with Crippen molar-refractivity contribution in [1.82, 2.24) is 19.7 Å². The molecule has 4 heterocycles. The third-order valence-electron chi connectivity index (χ3n) is 6.15. The Bertz CT molecular complexity index is 1360. The van der Waals surface area contributed by atoms with Crippen LogP contribution >= 0.6 is 11.6 Å². The number of hydrogen-bond donors (Lipinski definition) is 0. The molecule has 0 spiro atoms. The van der Waals surface area contributed by atoms with Gasteiger partial charge >= 0.3 is 0 Å². The van der Waals surface area contributed by atoms with Gasteiger partial charge in [-0.05, 0) is 54.8 Å². The van der Waals surface area contributed by atoms with Gasteiger partial charge in [-0.25, -0.2) is 9.67 Å². The van der Waals surface area contributed by atoms with Crippen LogP contribution in [-0.4, -0.2) is 45.5 Å². The molecule has 1 fully saturated rings. The maximum Gasteiger partial charge on any atom is 0.254 e. The molecule has 8 heteroatoms. The van der Waals surface area contributed by atoms with Crippen molar-refractivity contribution >= 4 is 28.5 Å². The van der Waals surface area contributed by atoms with Crippen molar-refractivity contribution in [3.8, 4) is 22.8 Å². The molecule has 2 aromatic heterocycles. The van der Waals surface area contributed by atoms with Gasteiger partial charge in [0.05, 0.1) is 29.4 Å². The lowest BCUT2D eigenvalue weighted by atomic mass is 10.1. The van der Waals surface area contributed by atoms with E-state index in [0.717, 1.165) is 42.4 Å². The number of carbonyl (C=O) groups is 1. The molecule has 7 nitrogen and oxygen atoms in total. The molecule has 1 amide bonds. The van der Waals surface area contributed by atoms with Crippen LogP contribution in [0.4, 0.5) is 0 Å². The number of hydrogen-bond acceptors (Lipinski definition) is 5. The Balaban J connectivity index is 1.48. The van der Waals surface area contributed by atoms with Gasteiger partial charge in [0.2, 0.25) is 6.79 Å². The van der Waals surface area contributed by atoms with E-state index >= 15 is 0 Å². The Morgan fingerprint density at radius 2 is 1.79 bits per heavy atom. The predicted molar refractivity (Wildman–Crippen MR) is 125 cm³/mol. The predicted octanol–water partition coefficient (Wildman–Crippen LogP) is 4.76. The summed E-state index contributed by atoms with van der Waals surface area (Å²) in [5.41, 5.74) is 3.89. The highest BCUT2D eigenvalue weighted by atomic mass is 35.5. The van der Waals surface area contributed by atoms with Crippen LogP contribution in [0.3, 0.4) is 0 Å². The summed E-state index contributed by atoms with van der Waals surface area (Å²) in [6, 6.07) is 15.2. The summed E-state index contributed by atoms with van der Waals surface area (Å²) in [6.07, 6.45) is 3.81. The average Bonchev–Trinajstić information content (AvgIpc) is 3.60. The van der Waals surface area contributed by atoms with Crippen LogP contribution in [0.5, 0.6) is 11.5 Å². The highest BCUT2D eigenvalue weighted by Gasteiger charge is 2.25. The highest BCUT2D eigenvalue weighted by molar-refractivity contribution is 6.30. The molecule has 33 heavy (non-hydrogen) atoms. The summed E-state index contributed by atoms with van der Waals surface area (Å²) in [7, 11) is 0. The van der Waals surface area contributed by atoms with Crippen molar-refractivity contribution in [2.45, 2.75) is 19.4 Å². The second-order valence-corrected chi connectivity index (χ2v) is 8.72. The monoisotopic (exact) mass is 460 g/mol. The number of amides is 1. The molecular weight excluding hydrogens is 440 g/mol. The summed E-state index contributed by atoms with van der Waals surface area (Å²) in [6.45, 7) is 2.29. The molecule has 2 aliphatic heterocycles. The summed E-state index contributed by atoms with van der Waals surface area (Å²) < 4.78 is 12.8. The lowest BCUT2D eigenvalue weighted by Crippen LogP contribution is -2.27. The maximum absolute atomic E-state index is 13.4. The van der Waals surface area contributed by atoms with Gasteiger partial charge < -0.3 is 14.4 Å². The normalized spacial score (nSPS) is 14.9. The van der Waals surface area contributed by atoms with Crippen LogP contribution in [0.1, 0.15) is 28.8 Å². The third-order valence-corrected chi connectivity index (χ3v) is 6.40. The van der Waals surface area contributed by atoms with Crippen molar-refractivity contribution in [2.24, 2.45) is 0 Å². The molecule has 0 unspecified atom stereocenters. The molecule has 0 aliphatic carbocycles. The van der Waals surface area contributed by atoms with Gasteiger partial charge in [0.1, 0.15) is 0 Å². The number of carbonyl (C=O) groups excluding carboxylic acids is 1. The van der Waals surface area contributed by atoms with Crippen LogP contribution < -0.4 is 9.47 Å². The Labute approximate surface area is 195 Å². The van der Waals surface area contributed by atoms with Crippen LogP contribution in [0, 0.1) is 0 Å². The molecule has 0 bridgehead atoms. The first-order valence-electron chi connectivity index (χ1n) is 11.0. The van der Waals surface area contributed by atoms with Crippen molar-refractivity contribution in [2.75, 3.05) is 19.9 Å². The van der Waals surface area contributed by atoms with Crippen LogP contribution in [0.2, 0.25) is 5.02 Å². The maximum atomic E-state index is 13.4. The number of pyridine rings is 1. The number of halogens is 1. The van der Waals surface area contributed by atoms with Crippen molar-refractivity contribution in [1.29, 1.82) is 0 Å². The molecule has 0 saturated carbocycles. The molecule has 0 atom stereocenters. The fourth-order valence-electron chi connectivity index (χ4n) is 4.40. The average molecular weight is 461 g/mol. The number of likely N-dealkylation sites (tertiary alicyclic amines) is 1. The first-order chi connectivity index (χ1) is 16.2. The fourth-order valence-corrected chi connectivity index (χ4v) is 4.52. The zero-order valence-corrected chi connectivity index (χ0v) is 18.6. The third kappa shape index (κ3) is 3.68. The van der Waals surface area contributed by atoms with Crippen LogP contribution in [0.15, 0.2) is 54.7 Å². The SMILES string of the molecule is O=C(c1cc(-c2ccc3c(c2)OCO3)nc2c1cnn2Cc1ccc(Cl)cc1)N1CCCC1. The molecule has 6 rings (SSSR count). The van der Waals surface area contributed by atoms with Crippen LogP contribution in [0.25, 0.3) is 22.3 Å². The number of ether oxygens (including phenoxy) is 2. The topological polar surface area (TPSA) is 69.5 Å². The number of aromatic nitrogens is 3. The van der Waals surface area contributed by atoms with Crippen molar-refractivity contribution in [3.63, 3.8) is 0 Å². The van der Waals surface area contributed by atoms with E-state index in [1.54, 1.807) is 6.20 Å². The van der Waals surface area contributed by atoms with E-state index in [2.05, 4.69) is 5.10 Å². The Kier molecular flexibility index (Phi) is 4.91. The molecule has 1 saturated heterocycles. The van der Waals surface area contributed by atoms with Gasteiger partial charge in [0.15, 0.2) is 17.1 Å². The van der Waals surface area contributed by atoms with Gasteiger partial charge in [0.25, 0.3) is 5.91 Å². The number of nitrogens with zero attached hydrogens (tertiary/aromatic N) is 4. The zero-order valence-electron chi connectivity index (χ0n) is 17.8. The number of rotatable bonds is 4. The van der Waals surface area contributed by atoms with E-state index < -0.39 is 0 Å². The van der Waals surface area contributed by atoms with Gasteiger partial charge in [0, 0.05) is 23.7 Å². The van der Waals surface area contributed by atoms with E-state index in [1.807, 2.05) is 58.1 Å². The number of fused-ring (bicyclic) bond motifs is 2. The summed E-state index contributed by atoms with van der Waals surface area (Å²) >= 11 is 6.04. The fraction of sp³-hybridized carbons (Fsp3) is 0.240. The Hall–Kier alpha value is -3.58. The minimum Gasteiger partial charge on any atom is -0.454 e. The van der Waals surface area contributed by atoms with E-state index in [1.165, 1.54) is 0 Å². The minimum absolute atomic E-state index is 0.0212. The van der Waals surface area contributed by atoms with E-state index in [4.69, 9.17) is 26.1 Å². The highest BCUT2D eigenvalue weighted by Crippen LogP contribution is 2.36. The molecule has 0 N–H and O–H groups in total. The largest absolute Gasteiger partial charge is 0.454 e. The summed E-state index contributed by atoms with van der Waals surface area (Å²) in [5.74, 6) is 1.41. The van der Waals surface area contributed by atoms with Crippen molar-refractivity contribution in [3.05, 3.63) is 70.9 Å². The molecular formula is C25H21ClN4O3. The smallest absolute Gasteiger partial charge is 0.254 e. The standard InChI is InChI=1S/C25H21ClN4O3/c26-18-6-3-16(4-7-18)14-30-24-20(13-27-30)19(25(31)29-9-1-2-10-29)12-21(28-24)17-5-8-22-23(11-17)33-15-32-22/h3-8,11-13H,1-2,9-10,14-15H2. The molecule has 2 aliphatic rings. The first kappa shape index (κ1) is 20.1. The second-order valence-electron chi connectivity index (χ2n) is 8.29. The van der Waals surface area contributed by atoms with Crippen molar-refractivity contribution < 1.29 is 14.3 Å². The Morgan fingerprint density at radius 3 is 2.61 bits per heavy atom. The van der Waals surface area contributed by atoms with Gasteiger partial charge in [-0.2, -0.15) is 5.10 Å². The lowest BCUT2D eigenvalue weighted by Gasteiger charge is -2.16. The quantitative estimate of drug-likeness (QED) is 0.439. The van der Waals surface area contributed by atoms with E-state index in [0.29, 0.717) is 40.0 Å². The Morgan fingerprint density at radius 1 is 1.00 bits per heavy atom. The molecule has 2 aromatic carbocycles. The summed E-state index contributed by atoms with van der Waals surface area (Å²) in [4.78, 5) is 20.3. The van der Waals surface area contributed by atoms with Gasteiger partial charge in [-0.3, -0.25) is 4.79 Å². The van der Waals surface area contributed by atoms with Gasteiger partial charge in [-0.15, -0.1) is 0 Å². The van der Waals surface area contributed by atoms with E-state index in [-0.39, 0.29) is 12.7 Å². The summed E-state index contributed by atoms with van der Waals surface area (Å²) in [5, 5.41) is 6.02. The number of benzene rings is 2. The molecule has 166 valence electrons. The van der Waals surface area contributed by atoms with Gasteiger partial charge in [-0.1, -0.05) is 23.7 Å². The first-order valence-corrected chi connectivity index (χ1v) is 11.3. The second kappa shape index (κ2) is 8.08. The lowest BCUT2D eigenvalue weighted by molar-refractivity contribution is 0.0794. The van der Waals surface area contributed by atoms with Crippen LogP contribution in [-0.2, 0) is 6.54 Å². The molecule has 4 aromatic rings. The zero-order chi connectivity index (χ0) is 22.4.